The van der Waals surface area contributed by atoms with Crippen LogP contribution >= 0.6 is 15.9 Å². The molecule has 0 radical (unpaired) electrons. The van der Waals surface area contributed by atoms with Gasteiger partial charge in [0.25, 0.3) is 5.89 Å². The fourth-order valence-corrected chi connectivity index (χ4v) is 3.29. The van der Waals surface area contributed by atoms with E-state index in [1.54, 1.807) is 0 Å². The third-order valence-electron chi connectivity index (χ3n) is 4.36. The number of hydrogen-bond acceptors (Lipinski definition) is 6. The third kappa shape index (κ3) is 4.05. The molecule has 2 aromatic heterocycles. The van der Waals surface area contributed by atoms with E-state index in [1.165, 1.54) is 5.56 Å². The molecule has 7 heteroatoms. The Bertz CT molecular complexity index is 1060. The standard InChI is InChI=1S/C21H19BrN4O2/c1-14-19(20(25-28-14)16-6-4-3-5-7-16)21-24-23-18(27-21)13-26(2)12-15-8-10-17(22)11-9-15/h3-11H,12-13H2,1-2H3. The maximum absolute atomic E-state index is 5.93. The van der Waals surface area contributed by atoms with Gasteiger partial charge in [-0.1, -0.05) is 63.6 Å². The molecule has 6 nitrogen and oxygen atoms in total. The topological polar surface area (TPSA) is 68.2 Å². The van der Waals surface area contributed by atoms with Crippen LogP contribution in [0.5, 0.6) is 0 Å². The molecule has 0 unspecified atom stereocenters. The first-order valence-electron chi connectivity index (χ1n) is 8.87. The first kappa shape index (κ1) is 18.6. The Hall–Kier alpha value is -2.77. The first-order chi connectivity index (χ1) is 13.6. The van der Waals surface area contributed by atoms with Gasteiger partial charge in [-0.2, -0.15) is 0 Å². The van der Waals surface area contributed by atoms with Crippen LogP contribution < -0.4 is 0 Å². The second-order valence-corrected chi connectivity index (χ2v) is 7.54. The van der Waals surface area contributed by atoms with Crippen LogP contribution in [0.4, 0.5) is 0 Å². The minimum atomic E-state index is 0.421. The summed E-state index contributed by atoms with van der Waals surface area (Å²) < 4.78 is 12.4. The number of hydrogen-bond donors (Lipinski definition) is 0. The van der Waals surface area contributed by atoms with E-state index in [2.05, 4.69) is 48.3 Å². The quantitative estimate of drug-likeness (QED) is 0.417. The molecule has 0 N–H and O–H groups in total. The lowest BCUT2D eigenvalue weighted by atomic mass is 10.1. The van der Waals surface area contributed by atoms with Gasteiger partial charge in [-0.15, -0.1) is 10.2 Å². The van der Waals surface area contributed by atoms with Gasteiger partial charge in [-0.05, 0) is 31.7 Å². The predicted octanol–water partition coefficient (Wildman–Crippen LogP) is 5.09. The van der Waals surface area contributed by atoms with Gasteiger partial charge in [-0.3, -0.25) is 4.90 Å². The fraction of sp³-hybridized carbons (Fsp3) is 0.190. The van der Waals surface area contributed by atoms with E-state index in [0.717, 1.165) is 22.1 Å². The average molecular weight is 439 g/mol. The molecule has 0 atom stereocenters. The zero-order valence-corrected chi connectivity index (χ0v) is 17.2. The molecular formula is C21H19BrN4O2. The second kappa shape index (κ2) is 8.08. The number of rotatable bonds is 6. The van der Waals surface area contributed by atoms with Crippen molar-refractivity contribution in [2.45, 2.75) is 20.0 Å². The van der Waals surface area contributed by atoms with Crippen LogP contribution in [0, 0.1) is 6.92 Å². The van der Waals surface area contributed by atoms with Crippen LogP contribution in [-0.2, 0) is 13.1 Å². The Morgan fingerprint density at radius 2 is 1.71 bits per heavy atom. The second-order valence-electron chi connectivity index (χ2n) is 6.63. The van der Waals surface area contributed by atoms with Gasteiger partial charge in [0.15, 0.2) is 0 Å². The van der Waals surface area contributed by atoms with Gasteiger partial charge in [0.2, 0.25) is 5.89 Å². The Morgan fingerprint density at radius 1 is 0.964 bits per heavy atom. The summed E-state index contributed by atoms with van der Waals surface area (Å²) in [7, 11) is 2.02. The smallest absolute Gasteiger partial charge is 0.253 e. The molecule has 0 bridgehead atoms. The van der Waals surface area contributed by atoms with E-state index >= 15 is 0 Å². The van der Waals surface area contributed by atoms with Crippen molar-refractivity contribution in [1.29, 1.82) is 0 Å². The number of halogens is 1. The molecular weight excluding hydrogens is 420 g/mol. The Labute approximate surface area is 171 Å². The lowest BCUT2D eigenvalue weighted by Crippen LogP contribution is -2.17. The minimum Gasteiger partial charge on any atom is -0.419 e. The van der Waals surface area contributed by atoms with Crippen molar-refractivity contribution in [3.05, 3.63) is 76.3 Å². The molecule has 2 aromatic carbocycles. The van der Waals surface area contributed by atoms with Crippen LogP contribution in [0.25, 0.3) is 22.7 Å². The van der Waals surface area contributed by atoms with Crippen molar-refractivity contribution >= 4 is 15.9 Å². The van der Waals surface area contributed by atoms with E-state index < -0.39 is 0 Å². The van der Waals surface area contributed by atoms with Crippen molar-refractivity contribution in [3.63, 3.8) is 0 Å². The summed E-state index contributed by atoms with van der Waals surface area (Å²) in [5, 5.41) is 12.6. The Kier molecular flexibility index (Phi) is 5.36. The maximum atomic E-state index is 5.93. The number of aryl methyl sites for hydroxylation is 1. The van der Waals surface area contributed by atoms with Gasteiger partial charge in [-0.25, -0.2) is 0 Å². The van der Waals surface area contributed by atoms with Crippen molar-refractivity contribution < 1.29 is 8.94 Å². The van der Waals surface area contributed by atoms with Crippen molar-refractivity contribution in [1.82, 2.24) is 20.3 Å². The molecule has 0 amide bonds. The molecule has 4 rings (SSSR count). The van der Waals surface area contributed by atoms with E-state index in [1.807, 2.05) is 56.4 Å². The molecule has 2 heterocycles. The summed E-state index contributed by atoms with van der Waals surface area (Å²) in [4.78, 5) is 2.12. The van der Waals surface area contributed by atoms with Crippen LogP contribution in [-0.4, -0.2) is 27.3 Å². The van der Waals surface area contributed by atoms with Gasteiger partial charge in [0, 0.05) is 16.6 Å². The molecule has 4 aromatic rings. The van der Waals surface area contributed by atoms with E-state index in [-0.39, 0.29) is 0 Å². The van der Waals surface area contributed by atoms with Crippen LogP contribution in [0.3, 0.4) is 0 Å². The van der Waals surface area contributed by atoms with Gasteiger partial charge >= 0.3 is 0 Å². The highest BCUT2D eigenvalue weighted by molar-refractivity contribution is 9.10. The lowest BCUT2D eigenvalue weighted by Gasteiger charge is -2.14. The molecule has 0 spiro atoms. The van der Waals surface area contributed by atoms with Crippen LogP contribution in [0.2, 0.25) is 0 Å². The Balaban J connectivity index is 1.52. The molecule has 28 heavy (non-hydrogen) atoms. The summed E-state index contributed by atoms with van der Waals surface area (Å²) in [6.07, 6.45) is 0. The average Bonchev–Trinajstić information content (AvgIpc) is 3.30. The maximum Gasteiger partial charge on any atom is 0.253 e. The molecule has 142 valence electrons. The molecule has 0 aliphatic heterocycles. The normalized spacial score (nSPS) is 11.3. The highest BCUT2D eigenvalue weighted by Crippen LogP contribution is 2.33. The van der Waals surface area contributed by atoms with E-state index in [0.29, 0.717) is 29.8 Å². The molecule has 0 fully saturated rings. The monoisotopic (exact) mass is 438 g/mol. The molecule has 0 aliphatic carbocycles. The largest absolute Gasteiger partial charge is 0.419 e. The fourth-order valence-electron chi connectivity index (χ4n) is 3.02. The van der Waals surface area contributed by atoms with Gasteiger partial charge < -0.3 is 8.94 Å². The number of nitrogens with zero attached hydrogens (tertiary/aromatic N) is 4. The van der Waals surface area contributed by atoms with E-state index in [9.17, 15) is 0 Å². The van der Waals surface area contributed by atoms with Crippen molar-refractivity contribution in [3.8, 4) is 22.7 Å². The molecule has 0 saturated carbocycles. The minimum absolute atomic E-state index is 0.421. The number of aromatic nitrogens is 3. The summed E-state index contributed by atoms with van der Waals surface area (Å²) in [6.45, 7) is 3.18. The zero-order valence-electron chi connectivity index (χ0n) is 15.6. The van der Waals surface area contributed by atoms with Gasteiger partial charge in [0.1, 0.15) is 17.0 Å². The SMILES string of the molecule is Cc1onc(-c2ccccc2)c1-c1nnc(CN(C)Cc2ccc(Br)cc2)o1. The first-order valence-corrected chi connectivity index (χ1v) is 9.67. The predicted molar refractivity (Wildman–Crippen MR) is 109 cm³/mol. The number of benzene rings is 2. The van der Waals surface area contributed by atoms with E-state index in [4.69, 9.17) is 8.94 Å². The highest BCUT2D eigenvalue weighted by Gasteiger charge is 2.22. The van der Waals surface area contributed by atoms with Crippen molar-refractivity contribution in [2.24, 2.45) is 0 Å². The summed E-state index contributed by atoms with van der Waals surface area (Å²) >= 11 is 3.46. The zero-order chi connectivity index (χ0) is 19.5. The summed E-state index contributed by atoms with van der Waals surface area (Å²) in [6, 6.07) is 18.1. The summed E-state index contributed by atoms with van der Waals surface area (Å²) in [5.74, 6) is 1.62. The van der Waals surface area contributed by atoms with Crippen LogP contribution in [0.1, 0.15) is 17.2 Å². The summed E-state index contributed by atoms with van der Waals surface area (Å²) in [5.41, 5.74) is 3.60. The Morgan fingerprint density at radius 3 is 2.46 bits per heavy atom. The molecule has 0 aliphatic rings. The molecule has 0 saturated heterocycles. The highest BCUT2D eigenvalue weighted by atomic mass is 79.9. The van der Waals surface area contributed by atoms with Crippen LogP contribution in [0.15, 0.2) is 68.0 Å². The van der Waals surface area contributed by atoms with Gasteiger partial charge in [0.05, 0.1) is 6.54 Å². The lowest BCUT2D eigenvalue weighted by molar-refractivity contribution is 0.283. The third-order valence-corrected chi connectivity index (χ3v) is 4.89. The van der Waals surface area contributed by atoms with Crippen molar-refractivity contribution in [2.75, 3.05) is 7.05 Å².